The van der Waals surface area contributed by atoms with Gasteiger partial charge in [0, 0.05) is 20.5 Å². The van der Waals surface area contributed by atoms with E-state index >= 15 is 0 Å². The van der Waals surface area contributed by atoms with Crippen molar-refractivity contribution in [2.75, 3.05) is 5.32 Å². The van der Waals surface area contributed by atoms with E-state index < -0.39 is 22.7 Å². The fourth-order valence-corrected chi connectivity index (χ4v) is 3.66. The summed E-state index contributed by atoms with van der Waals surface area (Å²) in [4.78, 5) is 25.0. The first-order valence-electron chi connectivity index (χ1n) is 7.87. The van der Waals surface area contributed by atoms with Gasteiger partial charge in [0.15, 0.2) is 0 Å². The number of amides is 1. The van der Waals surface area contributed by atoms with Crippen LogP contribution in [0.2, 0.25) is 5.02 Å². The summed E-state index contributed by atoms with van der Waals surface area (Å²) in [7, 11) is -1.32. The Kier molecular flexibility index (Phi) is 5.69. The maximum Gasteiger partial charge on any atom is 0.336 e. The van der Waals surface area contributed by atoms with Gasteiger partial charge in [0.05, 0.1) is 21.9 Å². The third-order valence-electron chi connectivity index (χ3n) is 3.74. The molecule has 0 bridgehead atoms. The number of carboxylic acids is 1. The lowest BCUT2D eigenvalue weighted by atomic mass is 10.1. The Morgan fingerprint density at radius 1 is 0.852 bits per heavy atom. The molecule has 2 N–H and O–H groups in total. The molecule has 0 aliphatic rings. The van der Waals surface area contributed by atoms with E-state index in [0.29, 0.717) is 15.5 Å². The summed E-state index contributed by atoms with van der Waals surface area (Å²) in [5, 5.41) is 12.1. The Morgan fingerprint density at radius 3 is 2.11 bits per heavy atom. The normalized spacial score (nSPS) is 11.6. The molecule has 0 radical (unpaired) electrons. The Hall–Kier alpha value is -2.96. The molecule has 0 aliphatic heterocycles. The van der Waals surface area contributed by atoms with Crippen LogP contribution in [-0.2, 0) is 10.8 Å². The first-order valence-corrected chi connectivity index (χ1v) is 9.39. The quantitative estimate of drug-likeness (QED) is 0.663. The number of anilines is 1. The highest BCUT2D eigenvalue weighted by molar-refractivity contribution is 7.85. The lowest BCUT2D eigenvalue weighted by Gasteiger charge is -2.09. The average molecular weight is 400 g/mol. The summed E-state index contributed by atoms with van der Waals surface area (Å²) in [6.45, 7) is 0. The third-order valence-corrected chi connectivity index (χ3v) is 5.38. The molecular weight excluding hydrogens is 386 g/mol. The molecule has 1 atom stereocenters. The zero-order valence-corrected chi connectivity index (χ0v) is 15.5. The topological polar surface area (TPSA) is 83.5 Å². The van der Waals surface area contributed by atoms with E-state index in [0.717, 1.165) is 0 Å². The van der Waals surface area contributed by atoms with Crippen molar-refractivity contribution >= 4 is 40.0 Å². The number of hydrogen-bond acceptors (Lipinski definition) is 3. The lowest BCUT2D eigenvalue weighted by molar-refractivity contribution is 0.0692. The van der Waals surface area contributed by atoms with E-state index in [9.17, 15) is 18.9 Å². The fourth-order valence-electron chi connectivity index (χ4n) is 2.43. The SMILES string of the molecule is O=C(O)c1ccc(Cl)cc1C(=O)Nc1ccc(S(=O)c2ccccc2)cc1. The van der Waals surface area contributed by atoms with Crippen molar-refractivity contribution in [1.82, 2.24) is 0 Å². The minimum absolute atomic E-state index is 0.0352. The van der Waals surface area contributed by atoms with E-state index in [4.69, 9.17) is 11.6 Å². The predicted molar refractivity (Wildman–Crippen MR) is 104 cm³/mol. The van der Waals surface area contributed by atoms with E-state index in [1.54, 1.807) is 36.4 Å². The summed E-state index contributed by atoms with van der Waals surface area (Å²) in [5.41, 5.74) is 0.274. The zero-order chi connectivity index (χ0) is 19.4. The van der Waals surface area contributed by atoms with Gasteiger partial charge in [0.2, 0.25) is 0 Å². The molecule has 0 fully saturated rings. The second kappa shape index (κ2) is 8.16. The summed E-state index contributed by atoms with van der Waals surface area (Å²) in [5.74, 6) is -1.81. The van der Waals surface area contributed by atoms with Crippen LogP contribution in [0.1, 0.15) is 20.7 Å². The Bertz CT molecular complexity index is 1020. The minimum Gasteiger partial charge on any atom is -0.478 e. The van der Waals surface area contributed by atoms with Crippen LogP contribution >= 0.6 is 11.6 Å². The van der Waals surface area contributed by atoms with Gasteiger partial charge in [-0.1, -0.05) is 29.8 Å². The monoisotopic (exact) mass is 399 g/mol. The molecule has 0 aromatic heterocycles. The number of nitrogens with one attached hydrogen (secondary N) is 1. The molecule has 0 heterocycles. The highest BCUT2D eigenvalue weighted by Crippen LogP contribution is 2.21. The first-order chi connectivity index (χ1) is 13.0. The summed E-state index contributed by atoms with van der Waals surface area (Å²) in [6.07, 6.45) is 0. The van der Waals surface area contributed by atoms with Gasteiger partial charge in [-0.3, -0.25) is 4.79 Å². The van der Waals surface area contributed by atoms with E-state index in [1.807, 2.05) is 18.2 Å². The van der Waals surface area contributed by atoms with Crippen molar-refractivity contribution < 1.29 is 18.9 Å². The average Bonchev–Trinajstić information content (AvgIpc) is 2.68. The van der Waals surface area contributed by atoms with Gasteiger partial charge in [-0.2, -0.15) is 0 Å². The molecule has 0 spiro atoms. The second-order valence-corrected chi connectivity index (χ2v) is 7.47. The maximum absolute atomic E-state index is 12.5. The molecular formula is C20H14ClNO4S. The van der Waals surface area contributed by atoms with Crippen LogP contribution in [0.5, 0.6) is 0 Å². The molecule has 1 unspecified atom stereocenters. The Labute approximate surface area is 163 Å². The molecule has 3 aromatic rings. The first kappa shape index (κ1) is 18.8. The smallest absolute Gasteiger partial charge is 0.336 e. The molecule has 3 aromatic carbocycles. The highest BCUT2D eigenvalue weighted by atomic mass is 35.5. The predicted octanol–water partition coefficient (Wildman–Crippen LogP) is 4.46. The lowest BCUT2D eigenvalue weighted by Crippen LogP contribution is -2.16. The molecule has 3 rings (SSSR count). The Balaban J connectivity index is 1.79. The van der Waals surface area contributed by atoms with Gasteiger partial charge >= 0.3 is 5.97 Å². The van der Waals surface area contributed by atoms with Crippen LogP contribution in [0.15, 0.2) is 82.6 Å². The number of benzene rings is 3. The summed E-state index contributed by atoms with van der Waals surface area (Å²) >= 11 is 5.88. The van der Waals surface area contributed by atoms with Crippen LogP contribution in [-0.4, -0.2) is 21.2 Å². The van der Waals surface area contributed by atoms with Crippen molar-refractivity contribution in [3.63, 3.8) is 0 Å². The molecule has 0 aliphatic carbocycles. The van der Waals surface area contributed by atoms with E-state index in [-0.39, 0.29) is 16.1 Å². The molecule has 5 nitrogen and oxygen atoms in total. The van der Waals surface area contributed by atoms with Crippen molar-refractivity contribution in [1.29, 1.82) is 0 Å². The standard InChI is InChI=1S/C20H14ClNO4S/c21-13-6-11-17(20(24)25)18(12-13)19(23)22-14-7-9-16(10-8-14)27(26)15-4-2-1-3-5-15/h1-12H,(H,22,23)(H,24,25). The van der Waals surface area contributed by atoms with Gasteiger partial charge in [-0.05, 0) is 54.6 Å². The summed E-state index contributed by atoms with van der Waals surface area (Å²) < 4.78 is 12.5. The number of carboxylic acid groups (broad SMARTS) is 1. The zero-order valence-electron chi connectivity index (χ0n) is 13.9. The van der Waals surface area contributed by atoms with Crippen molar-refractivity contribution in [2.24, 2.45) is 0 Å². The van der Waals surface area contributed by atoms with Crippen LogP contribution in [0.3, 0.4) is 0 Å². The van der Waals surface area contributed by atoms with Gasteiger partial charge in [-0.15, -0.1) is 0 Å². The van der Waals surface area contributed by atoms with Gasteiger partial charge in [-0.25, -0.2) is 9.00 Å². The maximum atomic E-state index is 12.5. The van der Waals surface area contributed by atoms with Crippen LogP contribution in [0.25, 0.3) is 0 Å². The van der Waals surface area contributed by atoms with Crippen LogP contribution in [0.4, 0.5) is 5.69 Å². The molecule has 1 amide bonds. The van der Waals surface area contributed by atoms with Crippen molar-refractivity contribution in [3.05, 3.63) is 88.9 Å². The number of halogens is 1. The highest BCUT2D eigenvalue weighted by Gasteiger charge is 2.17. The number of carbonyl (C=O) groups excluding carboxylic acids is 1. The molecule has 0 saturated heterocycles. The number of hydrogen-bond donors (Lipinski definition) is 2. The van der Waals surface area contributed by atoms with Gasteiger partial charge in [0.25, 0.3) is 5.91 Å². The number of rotatable bonds is 5. The Morgan fingerprint density at radius 2 is 1.48 bits per heavy atom. The van der Waals surface area contributed by atoms with Crippen molar-refractivity contribution in [3.8, 4) is 0 Å². The molecule has 0 saturated carbocycles. The molecule has 136 valence electrons. The largest absolute Gasteiger partial charge is 0.478 e. The van der Waals surface area contributed by atoms with Crippen LogP contribution < -0.4 is 5.32 Å². The molecule has 7 heteroatoms. The third kappa shape index (κ3) is 4.42. The molecule has 27 heavy (non-hydrogen) atoms. The van der Waals surface area contributed by atoms with Gasteiger partial charge in [0.1, 0.15) is 0 Å². The second-order valence-electron chi connectivity index (χ2n) is 5.56. The van der Waals surface area contributed by atoms with Crippen molar-refractivity contribution in [2.45, 2.75) is 9.79 Å². The van der Waals surface area contributed by atoms with E-state index in [2.05, 4.69) is 5.32 Å². The van der Waals surface area contributed by atoms with E-state index in [1.165, 1.54) is 18.2 Å². The van der Waals surface area contributed by atoms with Gasteiger partial charge < -0.3 is 10.4 Å². The fraction of sp³-hybridized carbons (Fsp3) is 0. The minimum atomic E-state index is -1.32. The number of carbonyl (C=O) groups is 2. The van der Waals surface area contributed by atoms with Crippen LogP contribution in [0, 0.1) is 0 Å². The number of aromatic carboxylic acids is 1. The summed E-state index contributed by atoms with van der Waals surface area (Å²) in [6, 6.07) is 19.5.